The fourth-order valence-corrected chi connectivity index (χ4v) is 4.24. The number of fused-ring (bicyclic) bond motifs is 1. The lowest BCUT2D eigenvalue weighted by Crippen LogP contribution is -2.16. The standard InChI is InChI=1S/C24H28N2O2S/c1-5-7-8-13-28-20-11-9-10-19(16-20)23(27)25-24-26(12-6-2)21-14-17(3)18(4)15-22(21)29-24/h6,9-11,14-16H,2,5,7-8,12-13H2,1,3-4H3. The minimum atomic E-state index is -0.262. The molecule has 0 saturated heterocycles. The molecule has 0 aliphatic heterocycles. The molecule has 1 aromatic heterocycles. The fourth-order valence-electron chi connectivity index (χ4n) is 3.12. The summed E-state index contributed by atoms with van der Waals surface area (Å²) in [6.07, 6.45) is 5.14. The summed E-state index contributed by atoms with van der Waals surface area (Å²) in [6.45, 7) is 11.5. The smallest absolute Gasteiger partial charge is 0.279 e. The largest absolute Gasteiger partial charge is 0.494 e. The third-order valence-electron chi connectivity index (χ3n) is 4.90. The number of carbonyl (C=O) groups excluding carboxylic acids is 1. The van der Waals surface area contributed by atoms with Crippen molar-refractivity contribution in [3.8, 4) is 5.75 Å². The van der Waals surface area contributed by atoms with E-state index in [0.717, 1.165) is 29.5 Å². The Morgan fingerprint density at radius 3 is 2.76 bits per heavy atom. The number of carbonyl (C=O) groups is 1. The molecule has 0 atom stereocenters. The van der Waals surface area contributed by atoms with Crippen molar-refractivity contribution >= 4 is 27.5 Å². The Labute approximate surface area is 176 Å². The average molecular weight is 409 g/mol. The molecule has 3 aromatic rings. The van der Waals surface area contributed by atoms with Crippen molar-refractivity contribution in [2.24, 2.45) is 4.99 Å². The zero-order valence-corrected chi connectivity index (χ0v) is 18.2. The van der Waals surface area contributed by atoms with Crippen LogP contribution in [-0.2, 0) is 6.54 Å². The van der Waals surface area contributed by atoms with Gasteiger partial charge in [0.05, 0.1) is 16.8 Å². The van der Waals surface area contributed by atoms with Crippen LogP contribution in [0.3, 0.4) is 0 Å². The van der Waals surface area contributed by atoms with E-state index >= 15 is 0 Å². The maximum absolute atomic E-state index is 12.9. The summed E-state index contributed by atoms with van der Waals surface area (Å²) in [6, 6.07) is 11.6. The van der Waals surface area contributed by atoms with Gasteiger partial charge in [0.15, 0.2) is 4.80 Å². The molecule has 3 rings (SSSR count). The zero-order valence-electron chi connectivity index (χ0n) is 17.4. The highest BCUT2D eigenvalue weighted by Crippen LogP contribution is 2.22. The van der Waals surface area contributed by atoms with Gasteiger partial charge in [0.2, 0.25) is 0 Å². The molecule has 0 saturated carbocycles. The summed E-state index contributed by atoms with van der Waals surface area (Å²) in [4.78, 5) is 18.0. The molecule has 29 heavy (non-hydrogen) atoms. The molecule has 0 spiro atoms. The normalized spacial score (nSPS) is 11.8. The lowest BCUT2D eigenvalue weighted by atomic mass is 10.1. The average Bonchev–Trinajstić information content (AvgIpc) is 3.02. The van der Waals surface area contributed by atoms with Crippen LogP contribution < -0.4 is 9.54 Å². The Morgan fingerprint density at radius 2 is 2.00 bits per heavy atom. The molecule has 1 heterocycles. The van der Waals surface area contributed by atoms with E-state index in [1.165, 1.54) is 22.5 Å². The third-order valence-corrected chi connectivity index (χ3v) is 5.95. The van der Waals surface area contributed by atoms with Gasteiger partial charge in [-0.1, -0.05) is 43.2 Å². The molecule has 0 N–H and O–H groups in total. The second-order valence-electron chi connectivity index (χ2n) is 7.19. The first-order chi connectivity index (χ1) is 14.0. The maximum Gasteiger partial charge on any atom is 0.279 e. The number of unbranched alkanes of at least 4 members (excludes halogenated alkanes) is 2. The summed E-state index contributed by atoms with van der Waals surface area (Å²) < 4.78 is 8.94. The van der Waals surface area contributed by atoms with Gasteiger partial charge in [-0.15, -0.1) is 6.58 Å². The van der Waals surface area contributed by atoms with Gasteiger partial charge in [-0.05, 0) is 61.7 Å². The highest BCUT2D eigenvalue weighted by Gasteiger charge is 2.11. The number of amides is 1. The first kappa shape index (κ1) is 21.1. The summed E-state index contributed by atoms with van der Waals surface area (Å²) in [5.74, 6) is 0.450. The first-order valence-corrected chi connectivity index (χ1v) is 10.9. The number of ether oxygens (including phenoxy) is 1. The molecule has 4 nitrogen and oxygen atoms in total. The number of thiazole rings is 1. The van der Waals surface area contributed by atoms with Crippen LogP contribution >= 0.6 is 11.3 Å². The lowest BCUT2D eigenvalue weighted by Gasteiger charge is -2.06. The minimum Gasteiger partial charge on any atom is -0.494 e. The molecule has 0 aliphatic carbocycles. The Morgan fingerprint density at radius 1 is 1.21 bits per heavy atom. The van der Waals surface area contributed by atoms with Gasteiger partial charge in [0, 0.05) is 12.1 Å². The number of nitrogens with zero attached hydrogens (tertiary/aromatic N) is 2. The van der Waals surface area contributed by atoms with Crippen LogP contribution in [0, 0.1) is 13.8 Å². The van der Waals surface area contributed by atoms with Crippen molar-refractivity contribution in [2.45, 2.75) is 46.6 Å². The third kappa shape index (κ3) is 5.04. The van der Waals surface area contributed by atoms with Crippen molar-refractivity contribution in [2.75, 3.05) is 6.61 Å². The van der Waals surface area contributed by atoms with Crippen LogP contribution in [0.15, 0.2) is 54.0 Å². The van der Waals surface area contributed by atoms with Gasteiger partial charge < -0.3 is 9.30 Å². The molecule has 152 valence electrons. The molecule has 0 radical (unpaired) electrons. The van der Waals surface area contributed by atoms with E-state index in [9.17, 15) is 4.79 Å². The predicted octanol–water partition coefficient (Wildman–Crippen LogP) is 5.82. The fraction of sp³-hybridized carbons (Fsp3) is 0.333. The van der Waals surface area contributed by atoms with Crippen LogP contribution in [0.1, 0.15) is 47.7 Å². The minimum absolute atomic E-state index is 0.262. The van der Waals surface area contributed by atoms with Gasteiger partial charge in [0.25, 0.3) is 5.91 Å². The zero-order chi connectivity index (χ0) is 20.8. The summed E-state index contributed by atoms with van der Waals surface area (Å²) in [5.41, 5.74) is 4.07. The Kier molecular flexibility index (Phi) is 7.04. The van der Waals surface area contributed by atoms with Crippen molar-refractivity contribution in [1.82, 2.24) is 4.57 Å². The van der Waals surface area contributed by atoms with Gasteiger partial charge in [-0.2, -0.15) is 4.99 Å². The summed E-state index contributed by atoms with van der Waals surface area (Å²) >= 11 is 1.53. The highest BCUT2D eigenvalue weighted by atomic mass is 32.1. The molecule has 0 fully saturated rings. The van der Waals surface area contributed by atoms with Gasteiger partial charge in [-0.3, -0.25) is 4.79 Å². The topological polar surface area (TPSA) is 43.6 Å². The number of rotatable bonds is 8. The van der Waals surface area contributed by atoms with E-state index in [4.69, 9.17) is 4.74 Å². The molecule has 0 bridgehead atoms. The van der Waals surface area contributed by atoms with Crippen LogP contribution in [0.2, 0.25) is 0 Å². The molecule has 0 unspecified atom stereocenters. The molecule has 2 aromatic carbocycles. The SMILES string of the molecule is C=CCn1c(=NC(=O)c2cccc(OCCCCC)c2)sc2cc(C)c(C)cc21. The van der Waals surface area contributed by atoms with Gasteiger partial charge in [-0.25, -0.2) is 0 Å². The first-order valence-electron chi connectivity index (χ1n) is 10.1. The molecule has 1 amide bonds. The van der Waals surface area contributed by atoms with Crippen molar-refractivity contribution in [3.63, 3.8) is 0 Å². The molecular formula is C24H28N2O2S. The predicted molar refractivity (Wildman–Crippen MR) is 121 cm³/mol. The number of hydrogen-bond acceptors (Lipinski definition) is 3. The van der Waals surface area contributed by atoms with Crippen LogP contribution in [0.4, 0.5) is 0 Å². The number of allylic oxidation sites excluding steroid dienone is 1. The summed E-state index contributed by atoms with van der Waals surface area (Å²) in [5, 5.41) is 0. The van der Waals surface area contributed by atoms with E-state index in [1.807, 2.05) is 22.8 Å². The number of aromatic nitrogens is 1. The quantitative estimate of drug-likeness (QED) is 0.348. The number of hydrogen-bond donors (Lipinski definition) is 0. The van der Waals surface area contributed by atoms with E-state index < -0.39 is 0 Å². The Balaban J connectivity index is 1.93. The lowest BCUT2D eigenvalue weighted by molar-refractivity contribution is 0.0997. The van der Waals surface area contributed by atoms with Crippen LogP contribution in [-0.4, -0.2) is 17.1 Å². The molecule has 5 heteroatoms. The van der Waals surface area contributed by atoms with E-state index in [1.54, 1.807) is 12.1 Å². The Bertz CT molecular complexity index is 1090. The van der Waals surface area contributed by atoms with Crippen LogP contribution in [0.5, 0.6) is 5.75 Å². The van der Waals surface area contributed by atoms with Gasteiger partial charge >= 0.3 is 0 Å². The molecule has 0 aliphatic rings. The van der Waals surface area contributed by atoms with Crippen molar-refractivity contribution in [1.29, 1.82) is 0 Å². The van der Waals surface area contributed by atoms with E-state index in [2.05, 4.69) is 44.5 Å². The second kappa shape index (κ2) is 9.70. The monoisotopic (exact) mass is 408 g/mol. The van der Waals surface area contributed by atoms with Gasteiger partial charge in [0.1, 0.15) is 5.75 Å². The van der Waals surface area contributed by atoms with Crippen LogP contribution in [0.25, 0.3) is 10.2 Å². The number of benzene rings is 2. The highest BCUT2D eigenvalue weighted by molar-refractivity contribution is 7.16. The van der Waals surface area contributed by atoms with Crippen molar-refractivity contribution < 1.29 is 9.53 Å². The second-order valence-corrected chi connectivity index (χ2v) is 8.20. The maximum atomic E-state index is 12.9. The Hall–Kier alpha value is -2.66. The summed E-state index contributed by atoms with van der Waals surface area (Å²) in [7, 11) is 0. The van der Waals surface area contributed by atoms with Crippen molar-refractivity contribution in [3.05, 3.63) is 70.5 Å². The van der Waals surface area contributed by atoms with E-state index in [-0.39, 0.29) is 5.91 Å². The number of aryl methyl sites for hydroxylation is 2. The van der Waals surface area contributed by atoms with E-state index in [0.29, 0.717) is 29.3 Å². The molecular weight excluding hydrogens is 380 g/mol.